The van der Waals surface area contributed by atoms with Crippen molar-refractivity contribution in [1.29, 1.82) is 0 Å². The topological polar surface area (TPSA) is 56.7 Å². The fourth-order valence-electron chi connectivity index (χ4n) is 5.05. The summed E-state index contributed by atoms with van der Waals surface area (Å²) >= 11 is 0. The molecule has 0 spiro atoms. The minimum Gasteiger partial charge on any atom is -0.397 e. The Morgan fingerprint density at radius 1 is 0.571 bits per heavy atom. The summed E-state index contributed by atoms with van der Waals surface area (Å²) < 4.78 is 2.11. The van der Waals surface area contributed by atoms with Crippen LogP contribution in [0.15, 0.2) is 134 Å². The van der Waals surface area contributed by atoms with Crippen molar-refractivity contribution in [2.24, 2.45) is 0 Å². The molecule has 0 amide bonds. The average Bonchev–Trinajstić information content (AvgIpc) is 3.33. The van der Waals surface area contributed by atoms with Gasteiger partial charge in [0.05, 0.1) is 29.0 Å². The summed E-state index contributed by atoms with van der Waals surface area (Å²) in [6.45, 7) is 0. The van der Waals surface area contributed by atoms with Crippen LogP contribution in [0.4, 0.5) is 5.69 Å². The van der Waals surface area contributed by atoms with E-state index in [0.717, 1.165) is 38.9 Å². The summed E-state index contributed by atoms with van der Waals surface area (Å²) in [7, 11) is 0. The molecule has 6 rings (SSSR count). The molecule has 0 radical (unpaired) electrons. The smallest absolute Gasteiger partial charge is 0.138 e. The quantitative estimate of drug-likeness (QED) is 0.303. The zero-order valence-corrected chi connectivity index (χ0v) is 19.1. The Morgan fingerprint density at radius 3 is 1.51 bits per heavy atom. The van der Waals surface area contributed by atoms with Crippen molar-refractivity contribution in [3.8, 4) is 11.3 Å². The van der Waals surface area contributed by atoms with Gasteiger partial charge >= 0.3 is 0 Å². The summed E-state index contributed by atoms with van der Waals surface area (Å²) in [6.07, 6.45) is 3.57. The van der Waals surface area contributed by atoms with Gasteiger partial charge in [-0.15, -0.1) is 0 Å². The third-order valence-corrected chi connectivity index (χ3v) is 6.56. The second kappa shape index (κ2) is 8.58. The van der Waals surface area contributed by atoms with E-state index in [4.69, 9.17) is 10.8 Å². The molecule has 2 heterocycles. The van der Waals surface area contributed by atoms with Gasteiger partial charge in [-0.05, 0) is 16.7 Å². The molecule has 0 atom stereocenters. The van der Waals surface area contributed by atoms with Gasteiger partial charge in [-0.1, -0.05) is 121 Å². The van der Waals surface area contributed by atoms with E-state index < -0.39 is 5.54 Å². The maximum atomic E-state index is 6.55. The summed E-state index contributed by atoms with van der Waals surface area (Å²) in [6, 6.07) is 41.8. The molecule has 4 heteroatoms. The molecule has 6 aromatic rings. The van der Waals surface area contributed by atoms with Crippen LogP contribution in [0, 0.1) is 0 Å². The van der Waals surface area contributed by atoms with E-state index in [-0.39, 0.29) is 0 Å². The van der Waals surface area contributed by atoms with E-state index >= 15 is 0 Å². The average molecular weight is 453 g/mol. The minimum atomic E-state index is -0.746. The predicted octanol–water partition coefficient (Wildman–Crippen LogP) is 6.52. The summed E-state index contributed by atoms with van der Waals surface area (Å²) in [4.78, 5) is 4.49. The molecule has 0 aliphatic heterocycles. The van der Waals surface area contributed by atoms with Crippen LogP contribution in [0.25, 0.3) is 22.2 Å². The number of fused-ring (bicyclic) bond motifs is 1. The van der Waals surface area contributed by atoms with E-state index in [2.05, 4.69) is 94.6 Å². The first-order chi connectivity index (χ1) is 17.3. The fraction of sp³-hybridized carbons (Fsp3) is 0.0323. The third kappa shape index (κ3) is 3.30. The molecule has 0 aliphatic carbocycles. The van der Waals surface area contributed by atoms with E-state index in [9.17, 15) is 0 Å². The van der Waals surface area contributed by atoms with Crippen LogP contribution in [0.1, 0.15) is 16.7 Å². The second-order valence-electron chi connectivity index (χ2n) is 8.56. The predicted molar refractivity (Wildman–Crippen MR) is 142 cm³/mol. The summed E-state index contributed by atoms with van der Waals surface area (Å²) in [5.41, 5.74) is 12.4. The van der Waals surface area contributed by atoms with Crippen LogP contribution < -0.4 is 5.73 Å². The van der Waals surface area contributed by atoms with Crippen molar-refractivity contribution in [3.05, 3.63) is 150 Å². The highest BCUT2D eigenvalue weighted by Gasteiger charge is 2.41. The third-order valence-electron chi connectivity index (χ3n) is 6.56. The molecule has 0 aliphatic rings. The van der Waals surface area contributed by atoms with Gasteiger partial charge < -0.3 is 5.73 Å². The molecule has 0 unspecified atom stereocenters. The second-order valence-corrected chi connectivity index (χ2v) is 8.56. The monoisotopic (exact) mass is 452 g/mol. The van der Waals surface area contributed by atoms with Crippen LogP contribution in [-0.2, 0) is 5.54 Å². The molecule has 0 bridgehead atoms. The van der Waals surface area contributed by atoms with Crippen LogP contribution in [0.3, 0.4) is 0 Å². The number of hydrogen-bond donors (Lipinski definition) is 1. The van der Waals surface area contributed by atoms with Crippen molar-refractivity contribution in [2.45, 2.75) is 5.54 Å². The Bertz CT molecular complexity index is 1480. The number of benzene rings is 4. The molecule has 168 valence electrons. The van der Waals surface area contributed by atoms with E-state index in [0.29, 0.717) is 5.69 Å². The molecular formula is C31H24N4. The highest BCUT2D eigenvalue weighted by atomic mass is 15.3. The lowest BCUT2D eigenvalue weighted by Crippen LogP contribution is -2.38. The number of pyridine rings is 1. The molecular weight excluding hydrogens is 428 g/mol. The number of anilines is 1. The maximum Gasteiger partial charge on any atom is 0.138 e. The maximum absolute atomic E-state index is 6.55. The lowest BCUT2D eigenvalue weighted by Gasteiger charge is -2.37. The van der Waals surface area contributed by atoms with Crippen molar-refractivity contribution in [3.63, 3.8) is 0 Å². The number of nitrogen functional groups attached to an aromatic ring is 1. The molecule has 35 heavy (non-hydrogen) atoms. The number of nitrogens with zero attached hydrogens (tertiary/aromatic N) is 3. The molecule has 0 saturated carbocycles. The molecule has 4 nitrogen and oxygen atoms in total. The van der Waals surface area contributed by atoms with Crippen molar-refractivity contribution < 1.29 is 0 Å². The Balaban J connectivity index is 1.81. The zero-order valence-electron chi connectivity index (χ0n) is 19.1. The van der Waals surface area contributed by atoms with E-state index in [1.807, 2.05) is 42.6 Å². The molecule has 4 aromatic carbocycles. The zero-order chi connectivity index (χ0) is 23.7. The summed E-state index contributed by atoms with van der Waals surface area (Å²) in [5.74, 6) is 0. The Labute approximate surface area is 204 Å². The van der Waals surface area contributed by atoms with Gasteiger partial charge in [0.1, 0.15) is 11.2 Å². The molecule has 0 fully saturated rings. The van der Waals surface area contributed by atoms with Crippen molar-refractivity contribution in [2.75, 3.05) is 5.73 Å². The fourth-order valence-corrected chi connectivity index (χ4v) is 5.05. The van der Waals surface area contributed by atoms with Gasteiger partial charge in [0.15, 0.2) is 0 Å². The highest BCUT2D eigenvalue weighted by molar-refractivity contribution is 6.01. The van der Waals surface area contributed by atoms with Crippen LogP contribution in [0.2, 0.25) is 0 Å². The first-order valence-corrected chi connectivity index (χ1v) is 11.6. The number of aromatic nitrogens is 3. The normalized spacial score (nSPS) is 11.5. The molecule has 2 aromatic heterocycles. The first-order valence-electron chi connectivity index (χ1n) is 11.6. The largest absolute Gasteiger partial charge is 0.397 e. The lowest BCUT2D eigenvalue weighted by molar-refractivity contribution is 0.477. The van der Waals surface area contributed by atoms with Gasteiger partial charge in [-0.2, -0.15) is 5.10 Å². The Hall–Kier alpha value is -4.70. The van der Waals surface area contributed by atoms with Gasteiger partial charge in [0.2, 0.25) is 0 Å². The van der Waals surface area contributed by atoms with E-state index in [1.54, 1.807) is 6.20 Å². The Kier molecular flexibility index (Phi) is 5.12. The van der Waals surface area contributed by atoms with Gasteiger partial charge in [-0.3, -0.25) is 4.98 Å². The van der Waals surface area contributed by atoms with Crippen LogP contribution in [-0.4, -0.2) is 14.8 Å². The molecule has 2 N–H and O–H groups in total. The van der Waals surface area contributed by atoms with Crippen LogP contribution >= 0.6 is 0 Å². The first kappa shape index (κ1) is 20.9. The van der Waals surface area contributed by atoms with Crippen LogP contribution in [0.5, 0.6) is 0 Å². The van der Waals surface area contributed by atoms with Crippen molar-refractivity contribution in [1.82, 2.24) is 14.8 Å². The van der Waals surface area contributed by atoms with Gasteiger partial charge in [0, 0.05) is 5.56 Å². The Morgan fingerprint density at radius 2 is 1.03 bits per heavy atom. The minimum absolute atomic E-state index is 0.607. The number of rotatable bonds is 5. The lowest BCUT2D eigenvalue weighted by atomic mass is 9.77. The number of hydrogen-bond acceptors (Lipinski definition) is 3. The number of nitrogens with two attached hydrogens (primary N) is 1. The molecule has 0 saturated heterocycles. The standard InChI is InChI=1S/C31H24N4/c32-27-21-33-22-28-29(27)30(23-13-5-1-6-14-23)34-35(28)31(24-15-7-2-8-16-24,25-17-9-3-10-18-25)26-19-11-4-12-20-26/h1-22H,32H2. The van der Waals surface area contributed by atoms with Crippen molar-refractivity contribution >= 4 is 16.6 Å². The van der Waals surface area contributed by atoms with E-state index in [1.165, 1.54) is 0 Å². The highest BCUT2D eigenvalue weighted by Crippen LogP contribution is 2.44. The summed E-state index contributed by atoms with van der Waals surface area (Å²) in [5, 5.41) is 6.22. The SMILES string of the molecule is Nc1cncc2c1c(-c1ccccc1)nn2C(c1ccccc1)(c1ccccc1)c1ccccc1. The van der Waals surface area contributed by atoms with Gasteiger partial charge in [-0.25, -0.2) is 4.68 Å². The van der Waals surface area contributed by atoms with Gasteiger partial charge in [0.25, 0.3) is 0 Å².